The minimum atomic E-state index is -0.524. The summed E-state index contributed by atoms with van der Waals surface area (Å²) in [4.78, 5) is 22.6. The molecule has 29 heavy (non-hydrogen) atoms. The quantitative estimate of drug-likeness (QED) is 0.363. The number of ether oxygens (including phenoxy) is 4. The Hall–Kier alpha value is -2.20. The van der Waals surface area contributed by atoms with Gasteiger partial charge in [-0.05, 0) is 11.8 Å². The molecule has 166 valence electrons. The number of carbonyl (C=O) groups excluding carboxylic acids is 2. The average molecular weight is 415 g/mol. The van der Waals surface area contributed by atoms with Crippen molar-refractivity contribution in [2.75, 3.05) is 39.6 Å². The van der Waals surface area contributed by atoms with Gasteiger partial charge in [-0.3, -0.25) is 4.79 Å². The van der Waals surface area contributed by atoms with Crippen LogP contribution in [0.3, 0.4) is 0 Å². The first-order valence-electron chi connectivity index (χ1n) is 9.91. The van der Waals surface area contributed by atoms with Gasteiger partial charge >= 0.3 is 12.1 Å². The number of aromatic nitrogens is 3. The van der Waals surface area contributed by atoms with Gasteiger partial charge in [-0.2, -0.15) is 0 Å². The summed E-state index contributed by atoms with van der Waals surface area (Å²) in [5, 5.41) is 10.5. The first kappa shape index (κ1) is 24.8. The smallest absolute Gasteiger partial charge is 0.407 e. The maximum Gasteiger partial charge on any atom is 0.407 e. The number of amides is 1. The molecule has 0 aliphatic carbocycles. The van der Waals surface area contributed by atoms with Crippen molar-refractivity contribution in [3.05, 3.63) is 11.9 Å². The Morgan fingerprint density at radius 2 is 1.72 bits per heavy atom. The molecule has 1 amide bonds. The van der Waals surface area contributed by atoms with Crippen molar-refractivity contribution in [3.63, 3.8) is 0 Å². The molecule has 0 aromatic carbocycles. The van der Waals surface area contributed by atoms with Crippen LogP contribution < -0.4 is 5.32 Å². The molecule has 1 heterocycles. The van der Waals surface area contributed by atoms with Crippen LogP contribution in [0.5, 0.6) is 0 Å². The van der Waals surface area contributed by atoms with E-state index in [4.69, 9.17) is 18.9 Å². The first-order valence-corrected chi connectivity index (χ1v) is 9.91. The molecule has 0 aliphatic rings. The lowest BCUT2D eigenvalue weighted by Crippen LogP contribution is -2.25. The molecule has 0 saturated heterocycles. The molecule has 1 rings (SSSR count). The van der Waals surface area contributed by atoms with Crippen molar-refractivity contribution >= 4 is 12.1 Å². The summed E-state index contributed by atoms with van der Waals surface area (Å²) >= 11 is 0. The Labute approximate surface area is 172 Å². The Morgan fingerprint density at radius 3 is 2.41 bits per heavy atom. The number of hydrogen-bond donors (Lipinski definition) is 1. The summed E-state index contributed by atoms with van der Waals surface area (Å²) in [5.41, 5.74) is 0.839. The highest BCUT2D eigenvalue weighted by Crippen LogP contribution is 2.17. The molecule has 10 nitrogen and oxygen atoms in total. The molecule has 10 heteroatoms. The second kappa shape index (κ2) is 13.9. The van der Waals surface area contributed by atoms with Crippen LogP contribution in [0.25, 0.3) is 0 Å². The van der Waals surface area contributed by atoms with E-state index in [1.54, 1.807) is 17.8 Å². The second-order valence-corrected chi connectivity index (χ2v) is 7.57. The van der Waals surface area contributed by atoms with Crippen molar-refractivity contribution in [2.24, 2.45) is 5.41 Å². The molecule has 0 radical (unpaired) electrons. The van der Waals surface area contributed by atoms with Crippen molar-refractivity contribution in [2.45, 2.75) is 53.6 Å². The number of rotatable bonds is 14. The number of esters is 1. The van der Waals surface area contributed by atoms with E-state index >= 15 is 0 Å². The van der Waals surface area contributed by atoms with Crippen molar-refractivity contribution in [1.82, 2.24) is 20.3 Å². The summed E-state index contributed by atoms with van der Waals surface area (Å²) in [6.45, 7) is 11.1. The van der Waals surface area contributed by atoms with Gasteiger partial charge in [0.05, 0.1) is 39.1 Å². The second-order valence-electron chi connectivity index (χ2n) is 7.57. The maximum atomic E-state index is 11.7. The van der Waals surface area contributed by atoms with E-state index in [0.717, 1.165) is 6.42 Å². The molecule has 0 unspecified atom stereocenters. The molecular weight excluding hydrogens is 380 g/mol. The van der Waals surface area contributed by atoms with Crippen LogP contribution in [-0.2, 0) is 36.8 Å². The molecule has 0 fully saturated rings. The number of nitrogens with zero attached hydrogens (tertiary/aromatic N) is 3. The Morgan fingerprint density at radius 1 is 1.03 bits per heavy atom. The van der Waals surface area contributed by atoms with Gasteiger partial charge in [-0.25, -0.2) is 9.48 Å². The predicted molar refractivity (Wildman–Crippen MR) is 105 cm³/mol. The fourth-order valence-corrected chi connectivity index (χ4v) is 1.99. The monoisotopic (exact) mass is 414 g/mol. The minimum Gasteiger partial charge on any atom is -0.463 e. The van der Waals surface area contributed by atoms with E-state index in [0.29, 0.717) is 45.1 Å². The number of nitrogens with one attached hydrogen (secondary N) is 1. The molecule has 0 spiro atoms. The minimum absolute atomic E-state index is 0.202. The van der Waals surface area contributed by atoms with Gasteiger partial charge in [0.15, 0.2) is 0 Å². The van der Waals surface area contributed by atoms with E-state index in [2.05, 4.69) is 36.4 Å². The zero-order chi connectivity index (χ0) is 21.5. The number of alkyl carbamates (subject to hydrolysis) is 1. The highest BCUT2D eigenvalue weighted by molar-refractivity contribution is 5.68. The van der Waals surface area contributed by atoms with E-state index in [-0.39, 0.29) is 31.1 Å². The van der Waals surface area contributed by atoms with Gasteiger partial charge in [0.1, 0.15) is 18.9 Å². The summed E-state index contributed by atoms with van der Waals surface area (Å²) in [6, 6.07) is 0. The largest absolute Gasteiger partial charge is 0.463 e. The van der Waals surface area contributed by atoms with E-state index in [1.807, 2.05) is 0 Å². The van der Waals surface area contributed by atoms with Crippen LogP contribution >= 0.6 is 0 Å². The highest BCUT2D eigenvalue weighted by Gasteiger charge is 2.09. The number of carbonyl (C=O) groups is 2. The molecular formula is C19H34N4O6. The lowest BCUT2D eigenvalue weighted by molar-refractivity contribution is -0.144. The van der Waals surface area contributed by atoms with Crippen LogP contribution in [0.15, 0.2) is 6.20 Å². The van der Waals surface area contributed by atoms with Crippen LogP contribution in [0.4, 0.5) is 4.79 Å². The summed E-state index contributed by atoms with van der Waals surface area (Å²) in [7, 11) is 0. The molecule has 0 atom stereocenters. The lowest BCUT2D eigenvalue weighted by Gasteiger charge is -2.17. The van der Waals surface area contributed by atoms with Gasteiger partial charge in [0, 0.05) is 13.0 Å². The van der Waals surface area contributed by atoms with Crippen molar-refractivity contribution in [1.29, 1.82) is 0 Å². The number of hydrogen-bond acceptors (Lipinski definition) is 8. The molecule has 1 aromatic heterocycles. The van der Waals surface area contributed by atoms with Crippen LogP contribution in [-0.4, -0.2) is 66.7 Å². The van der Waals surface area contributed by atoms with E-state index in [1.165, 1.54) is 0 Å². The van der Waals surface area contributed by atoms with Crippen LogP contribution in [0.1, 0.15) is 46.2 Å². The fourth-order valence-electron chi connectivity index (χ4n) is 1.99. The SMILES string of the molecule is CCC(=O)OCCOCCn1cc(CNC(=O)OCCOCCC(C)(C)C)nn1. The first-order chi connectivity index (χ1) is 13.8. The summed E-state index contributed by atoms with van der Waals surface area (Å²) in [6.07, 6.45) is 2.50. The molecule has 0 saturated carbocycles. The van der Waals surface area contributed by atoms with E-state index < -0.39 is 6.09 Å². The lowest BCUT2D eigenvalue weighted by atomic mass is 9.93. The standard InChI is InChI=1S/C19H34N4O6/c1-5-17(24)28-12-10-27-9-7-23-15-16(21-22-23)14-20-18(25)29-13-11-26-8-6-19(2,3)4/h15H,5-14H2,1-4H3,(H,20,25). The average Bonchev–Trinajstić information content (AvgIpc) is 3.12. The van der Waals surface area contributed by atoms with Crippen molar-refractivity contribution in [3.8, 4) is 0 Å². The predicted octanol–water partition coefficient (Wildman–Crippen LogP) is 1.93. The molecule has 1 aromatic rings. The fraction of sp³-hybridized carbons (Fsp3) is 0.789. The highest BCUT2D eigenvalue weighted by atomic mass is 16.6. The van der Waals surface area contributed by atoms with Crippen LogP contribution in [0, 0.1) is 5.41 Å². The van der Waals surface area contributed by atoms with Gasteiger partial charge in [0.25, 0.3) is 0 Å². The third-order valence-electron chi connectivity index (χ3n) is 3.70. The third kappa shape index (κ3) is 13.6. The van der Waals surface area contributed by atoms with Gasteiger partial charge in [0.2, 0.25) is 0 Å². The molecule has 0 aliphatic heterocycles. The van der Waals surface area contributed by atoms with Gasteiger partial charge in [-0.15, -0.1) is 5.10 Å². The molecule has 0 bridgehead atoms. The Bertz CT molecular complexity index is 600. The van der Waals surface area contributed by atoms with Crippen LogP contribution in [0.2, 0.25) is 0 Å². The summed E-state index contributed by atoms with van der Waals surface area (Å²) in [5.74, 6) is -0.242. The zero-order valence-corrected chi connectivity index (χ0v) is 17.9. The Kier molecular flexibility index (Phi) is 11.9. The maximum absolute atomic E-state index is 11.7. The Balaban J connectivity index is 2.05. The summed E-state index contributed by atoms with van der Waals surface area (Å²) < 4.78 is 22.4. The van der Waals surface area contributed by atoms with Gasteiger partial charge < -0.3 is 24.3 Å². The molecule has 1 N–H and O–H groups in total. The third-order valence-corrected chi connectivity index (χ3v) is 3.70. The zero-order valence-electron chi connectivity index (χ0n) is 17.9. The normalized spacial score (nSPS) is 11.3. The van der Waals surface area contributed by atoms with E-state index in [9.17, 15) is 9.59 Å². The van der Waals surface area contributed by atoms with Gasteiger partial charge in [-0.1, -0.05) is 32.9 Å². The topological polar surface area (TPSA) is 114 Å². The van der Waals surface area contributed by atoms with Crippen molar-refractivity contribution < 1.29 is 28.5 Å².